The van der Waals surface area contributed by atoms with Crippen molar-refractivity contribution in [2.24, 2.45) is 5.73 Å². The number of methoxy groups -OCH3 is 1. The van der Waals surface area contributed by atoms with Gasteiger partial charge in [-0.1, -0.05) is 0 Å². The van der Waals surface area contributed by atoms with Gasteiger partial charge < -0.3 is 20.5 Å². The summed E-state index contributed by atoms with van der Waals surface area (Å²) in [4.78, 5) is 11.5. The van der Waals surface area contributed by atoms with E-state index in [2.05, 4.69) is 5.32 Å². The third-order valence-electron chi connectivity index (χ3n) is 2.67. The van der Waals surface area contributed by atoms with Crippen molar-refractivity contribution in [3.63, 3.8) is 0 Å². The maximum atomic E-state index is 13.1. The molecule has 0 aliphatic rings. The Morgan fingerprint density at radius 1 is 1.50 bits per heavy atom. The molecule has 1 atom stereocenters. The predicted molar refractivity (Wildman–Crippen MR) is 74.0 cm³/mol. The number of ether oxygens (including phenoxy) is 2. The van der Waals surface area contributed by atoms with Gasteiger partial charge in [0.1, 0.15) is 11.6 Å². The molecular weight excluding hydrogens is 263 g/mol. The standard InChI is InChI=1S/C14H21FN2O3/c1-10(16)12-8-11(15)4-5-13(12)20-9-14(18)17-6-3-7-19-2/h4-5,8,10H,3,6-7,9,16H2,1-2H3,(H,17,18)/t10-/m0/s1. The molecule has 0 fully saturated rings. The van der Waals surface area contributed by atoms with Crippen molar-refractivity contribution in [1.29, 1.82) is 0 Å². The van der Waals surface area contributed by atoms with Gasteiger partial charge in [0.15, 0.2) is 6.61 Å². The molecule has 112 valence electrons. The molecule has 1 aromatic carbocycles. The second-order valence-electron chi connectivity index (χ2n) is 4.46. The van der Waals surface area contributed by atoms with E-state index >= 15 is 0 Å². The summed E-state index contributed by atoms with van der Waals surface area (Å²) in [5.74, 6) is -0.192. The van der Waals surface area contributed by atoms with Crippen LogP contribution in [-0.2, 0) is 9.53 Å². The second kappa shape index (κ2) is 8.50. The molecule has 20 heavy (non-hydrogen) atoms. The minimum Gasteiger partial charge on any atom is -0.483 e. The minimum atomic E-state index is -0.381. The molecule has 6 heteroatoms. The summed E-state index contributed by atoms with van der Waals surface area (Å²) < 4.78 is 23.4. The highest BCUT2D eigenvalue weighted by Crippen LogP contribution is 2.24. The number of carbonyl (C=O) groups is 1. The molecule has 3 N–H and O–H groups in total. The molecule has 0 spiro atoms. The number of nitrogens with one attached hydrogen (secondary N) is 1. The summed E-state index contributed by atoms with van der Waals surface area (Å²) in [6, 6.07) is 3.70. The van der Waals surface area contributed by atoms with E-state index in [0.717, 1.165) is 6.42 Å². The van der Waals surface area contributed by atoms with Crippen molar-refractivity contribution in [2.45, 2.75) is 19.4 Å². The molecule has 0 bridgehead atoms. The van der Waals surface area contributed by atoms with Crippen LogP contribution in [0, 0.1) is 5.82 Å². The molecule has 1 aromatic rings. The highest BCUT2D eigenvalue weighted by molar-refractivity contribution is 5.77. The van der Waals surface area contributed by atoms with Gasteiger partial charge in [-0.15, -0.1) is 0 Å². The van der Waals surface area contributed by atoms with Crippen LogP contribution >= 0.6 is 0 Å². The summed E-state index contributed by atoms with van der Waals surface area (Å²) in [5, 5.41) is 2.70. The van der Waals surface area contributed by atoms with E-state index in [4.69, 9.17) is 15.2 Å². The van der Waals surface area contributed by atoms with Crippen molar-refractivity contribution in [2.75, 3.05) is 26.9 Å². The fraction of sp³-hybridized carbons (Fsp3) is 0.500. The Hall–Kier alpha value is -1.66. The van der Waals surface area contributed by atoms with Gasteiger partial charge in [0.2, 0.25) is 0 Å². The molecule has 0 saturated carbocycles. The lowest BCUT2D eigenvalue weighted by molar-refractivity contribution is -0.123. The Bertz CT molecular complexity index is 438. The van der Waals surface area contributed by atoms with Crippen molar-refractivity contribution in [3.05, 3.63) is 29.6 Å². The Morgan fingerprint density at radius 2 is 2.25 bits per heavy atom. The fourth-order valence-corrected chi connectivity index (χ4v) is 1.65. The fourth-order valence-electron chi connectivity index (χ4n) is 1.65. The lowest BCUT2D eigenvalue weighted by atomic mass is 10.1. The molecule has 0 aromatic heterocycles. The number of carbonyl (C=O) groups excluding carboxylic acids is 1. The second-order valence-corrected chi connectivity index (χ2v) is 4.46. The highest BCUT2D eigenvalue weighted by atomic mass is 19.1. The molecular formula is C14H21FN2O3. The van der Waals surface area contributed by atoms with Gasteiger partial charge in [0.05, 0.1) is 0 Å². The molecule has 0 radical (unpaired) electrons. The molecule has 0 aliphatic heterocycles. The van der Waals surface area contributed by atoms with E-state index in [1.54, 1.807) is 14.0 Å². The lowest BCUT2D eigenvalue weighted by Crippen LogP contribution is -2.30. The molecule has 0 aliphatic carbocycles. The quantitative estimate of drug-likeness (QED) is 0.707. The van der Waals surface area contributed by atoms with Crippen LogP contribution in [0.4, 0.5) is 4.39 Å². The van der Waals surface area contributed by atoms with Crippen molar-refractivity contribution < 1.29 is 18.7 Å². The van der Waals surface area contributed by atoms with Gasteiger partial charge in [-0.2, -0.15) is 0 Å². The van der Waals surface area contributed by atoms with Crippen LogP contribution in [-0.4, -0.2) is 32.8 Å². The maximum Gasteiger partial charge on any atom is 0.257 e. The average Bonchev–Trinajstić information content (AvgIpc) is 2.42. The first-order valence-corrected chi connectivity index (χ1v) is 6.48. The van der Waals surface area contributed by atoms with E-state index in [-0.39, 0.29) is 24.4 Å². The van der Waals surface area contributed by atoms with Crippen molar-refractivity contribution in [3.8, 4) is 5.75 Å². The largest absolute Gasteiger partial charge is 0.483 e. The molecule has 0 saturated heterocycles. The Kier molecular flexibility index (Phi) is 6.97. The van der Waals surface area contributed by atoms with E-state index in [0.29, 0.717) is 24.5 Å². The number of benzene rings is 1. The summed E-state index contributed by atoms with van der Waals surface area (Å²) in [7, 11) is 1.61. The van der Waals surface area contributed by atoms with Gasteiger partial charge in [0.25, 0.3) is 5.91 Å². The monoisotopic (exact) mass is 284 g/mol. The number of rotatable bonds is 8. The number of halogens is 1. The summed E-state index contributed by atoms with van der Waals surface area (Å²) in [5.41, 5.74) is 6.28. The third kappa shape index (κ3) is 5.54. The number of amides is 1. The minimum absolute atomic E-state index is 0.127. The molecule has 0 unspecified atom stereocenters. The molecule has 1 rings (SSSR count). The zero-order chi connectivity index (χ0) is 15.0. The first-order chi connectivity index (χ1) is 9.54. The van der Waals surface area contributed by atoms with Gasteiger partial charge in [-0.25, -0.2) is 4.39 Å². The lowest BCUT2D eigenvalue weighted by Gasteiger charge is -2.14. The summed E-state index contributed by atoms with van der Waals surface area (Å²) in [6.07, 6.45) is 0.740. The zero-order valence-corrected chi connectivity index (χ0v) is 11.8. The van der Waals surface area contributed by atoms with E-state index in [1.165, 1.54) is 18.2 Å². The van der Waals surface area contributed by atoms with Crippen LogP contribution in [0.25, 0.3) is 0 Å². The van der Waals surface area contributed by atoms with Crippen LogP contribution in [0.15, 0.2) is 18.2 Å². The third-order valence-corrected chi connectivity index (χ3v) is 2.67. The van der Waals surface area contributed by atoms with E-state index in [1.807, 2.05) is 0 Å². The van der Waals surface area contributed by atoms with Crippen LogP contribution in [0.5, 0.6) is 5.75 Å². The van der Waals surface area contributed by atoms with Crippen molar-refractivity contribution >= 4 is 5.91 Å². The van der Waals surface area contributed by atoms with E-state index in [9.17, 15) is 9.18 Å². The Balaban J connectivity index is 2.47. The average molecular weight is 284 g/mol. The number of nitrogens with two attached hydrogens (primary N) is 1. The van der Waals surface area contributed by atoms with Gasteiger partial charge in [-0.05, 0) is 31.5 Å². The maximum absolute atomic E-state index is 13.1. The summed E-state index contributed by atoms with van der Waals surface area (Å²) >= 11 is 0. The first kappa shape index (κ1) is 16.4. The van der Waals surface area contributed by atoms with Crippen molar-refractivity contribution in [1.82, 2.24) is 5.32 Å². The smallest absolute Gasteiger partial charge is 0.257 e. The van der Waals surface area contributed by atoms with Gasteiger partial charge in [0, 0.05) is 31.9 Å². The van der Waals surface area contributed by atoms with Crippen LogP contribution in [0.2, 0.25) is 0 Å². The van der Waals surface area contributed by atoms with Gasteiger partial charge >= 0.3 is 0 Å². The van der Waals surface area contributed by atoms with Crippen LogP contribution < -0.4 is 15.8 Å². The van der Waals surface area contributed by atoms with E-state index < -0.39 is 0 Å². The summed E-state index contributed by atoms with van der Waals surface area (Å²) in [6.45, 7) is 2.72. The highest BCUT2D eigenvalue weighted by Gasteiger charge is 2.11. The Morgan fingerprint density at radius 3 is 2.90 bits per heavy atom. The molecule has 5 nitrogen and oxygen atoms in total. The zero-order valence-electron chi connectivity index (χ0n) is 11.8. The predicted octanol–water partition coefficient (Wildman–Crippen LogP) is 1.38. The molecule has 1 amide bonds. The SMILES string of the molecule is COCCCNC(=O)COc1ccc(F)cc1[C@H](C)N. The first-order valence-electron chi connectivity index (χ1n) is 6.48. The Labute approximate surface area is 118 Å². The number of hydrogen-bond donors (Lipinski definition) is 2. The van der Waals surface area contributed by atoms with Crippen LogP contribution in [0.1, 0.15) is 24.9 Å². The number of hydrogen-bond acceptors (Lipinski definition) is 4. The van der Waals surface area contributed by atoms with Gasteiger partial charge in [-0.3, -0.25) is 4.79 Å². The molecule has 0 heterocycles. The normalized spacial score (nSPS) is 12.0. The van der Waals surface area contributed by atoms with Crippen LogP contribution in [0.3, 0.4) is 0 Å². The topological polar surface area (TPSA) is 73.6 Å².